The Balaban J connectivity index is 2.66. The van der Waals surface area contributed by atoms with Crippen LogP contribution in [0.2, 0.25) is 0 Å². The van der Waals surface area contributed by atoms with E-state index < -0.39 is 0 Å². The molecule has 1 amide bonds. The number of rotatable bonds is 4. The molecule has 15 heavy (non-hydrogen) atoms. The minimum atomic E-state index is -0.389. The zero-order chi connectivity index (χ0) is 11.3. The standard InChI is InChI=1S/C11H14N2OS/c1-2-9(10(12)15)11(14)13-8-6-4-3-5-7-8/h3-7,9H,2H2,1H3,(H2,12,15)(H,13,14). The zero-order valence-corrected chi connectivity index (χ0v) is 9.38. The molecule has 0 bridgehead atoms. The van der Waals surface area contributed by atoms with Gasteiger partial charge in [0, 0.05) is 5.69 Å². The number of carbonyl (C=O) groups is 1. The zero-order valence-electron chi connectivity index (χ0n) is 8.57. The SMILES string of the molecule is CCC(C(=O)Nc1ccccc1)C(N)=S. The van der Waals surface area contributed by atoms with E-state index in [4.69, 9.17) is 18.0 Å². The van der Waals surface area contributed by atoms with Gasteiger partial charge in [-0.05, 0) is 18.6 Å². The number of nitrogens with one attached hydrogen (secondary N) is 1. The second-order valence-electron chi connectivity index (χ2n) is 3.22. The number of anilines is 1. The molecule has 1 unspecified atom stereocenters. The van der Waals surface area contributed by atoms with Crippen LogP contribution in [0.5, 0.6) is 0 Å². The van der Waals surface area contributed by atoms with E-state index in [-0.39, 0.29) is 16.8 Å². The molecule has 3 nitrogen and oxygen atoms in total. The van der Waals surface area contributed by atoms with E-state index in [1.807, 2.05) is 37.3 Å². The molecular formula is C11H14N2OS. The van der Waals surface area contributed by atoms with Gasteiger partial charge in [0.1, 0.15) is 0 Å². The van der Waals surface area contributed by atoms with Crippen molar-refractivity contribution < 1.29 is 4.79 Å². The topological polar surface area (TPSA) is 55.1 Å². The van der Waals surface area contributed by atoms with Gasteiger partial charge in [-0.3, -0.25) is 4.79 Å². The predicted octanol–water partition coefficient (Wildman–Crippen LogP) is 1.94. The number of nitrogens with two attached hydrogens (primary N) is 1. The Bertz CT molecular complexity index is 351. The summed E-state index contributed by atoms with van der Waals surface area (Å²) >= 11 is 4.83. The first kappa shape index (κ1) is 11.7. The molecule has 0 saturated carbocycles. The highest BCUT2D eigenvalue weighted by Gasteiger charge is 2.18. The fourth-order valence-electron chi connectivity index (χ4n) is 1.27. The highest BCUT2D eigenvalue weighted by atomic mass is 32.1. The molecule has 1 aromatic carbocycles. The Labute approximate surface area is 94.7 Å². The Morgan fingerprint density at radius 1 is 1.47 bits per heavy atom. The maximum atomic E-state index is 11.7. The predicted molar refractivity (Wildman–Crippen MR) is 65.6 cm³/mol. The first-order valence-corrected chi connectivity index (χ1v) is 5.21. The average Bonchev–Trinajstić information content (AvgIpc) is 2.19. The molecule has 1 aromatic rings. The van der Waals surface area contributed by atoms with Gasteiger partial charge in [0.25, 0.3) is 0 Å². The van der Waals surface area contributed by atoms with Crippen LogP contribution in [-0.4, -0.2) is 10.9 Å². The minimum Gasteiger partial charge on any atom is -0.393 e. The lowest BCUT2D eigenvalue weighted by molar-refractivity contribution is -0.118. The summed E-state index contributed by atoms with van der Waals surface area (Å²) in [4.78, 5) is 11.9. The van der Waals surface area contributed by atoms with Crippen molar-refractivity contribution in [3.05, 3.63) is 30.3 Å². The third-order valence-corrected chi connectivity index (χ3v) is 2.39. The lowest BCUT2D eigenvalue weighted by atomic mass is 10.1. The number of benzene rings is 1. The molecule has 0 aromatic heterocycles. The third kappa shape index (κ3) is 3.32. The number of hydrogen-bond donors (Lipinski definition) is 2. The minimum absolute atomic E-state index is 0.142. The monoisotopic (exact) mass is 222 g/mol. The van der Waals surface area contributed by atoms with Crippen LogP contribution in [0.3, 0.4) is 0 Å². The van der Waals surface area contributed by atoms with Gasteiger partial charge in [-0.2, -0.15) is 0 Å². The molecule has 1 atom stereocenters. The Kier molecular flexibility index (Phi) is 4.24. The van der Waals surface area contributed by atoms with Crippen molar-refractivity contribution in [2.45, 2.75) is 13.3 Å². The van der Waals surface area contributed by atoms with Crippen LogP contribution in [0.25, 0.3) is 0 Å². The summed E-state index contributed by atoms with van der Waals surface area (Å²) < 4.78 is 0. The molecule has 3 N–H and O–H groups in total. The number of carbonyl (C=O) groups excluding carboxylic acids is 1. The maximum Gasteiger partial charge on any atom is 0.234 e. The van der Waals surface area contributed by atoms with E-state index in [9.17, 15) is 4.79 Å². The van der Waals surface area contributed by atoms with Crippen LogP contribution in [0, 0.1) is 5.92 Å². The summed E-state index contributed by atoms with van der Waals surface area (Å²) in [7, 11) is 0. The third-order valence-electron chi connectivity index (χ3n) is 2.11. The molecule has 0 radical (unpaired) electrons. The Hall–Kier alpha value is -1.42. The molecule has 0 heterocycles. The van der Waals surface area contributed by atoms with Crippen LogP contribution < -0.4 is 11.1 Å². The van der Waals surface area contributed by atoms with Gasteiger partial charge in [0.15, 0.2) is 0 Å². The van der Waals surface area contributed by atoms with Crippen molar-refractivity contribution in [1.82, 2.24) is 0 Å². The lowest BCUT2D eigenvalue weighted by Crippen LogP contribution is -2.32. The number of hydrogen-bond acceptors (Lipinski definition) is 2. The first-order chi connectivity index (χ1) is 7.15. The van der Waals surface area contributed by atoms with Crippen LogP contribution >= 0.6 is 12.2 Å². The second-order valence-corrected chi connectivity index (χ2v) is 3.69. The summed E-state index contributed by atoms with van der Waals surface area (Å²) in [6.07, 6.45) is 0.619. The van der Waals surface area contributed by atoms with E-state index in [1.165, 1.54) is 0 Å². The van der Waals surface area contributed by atoms with Gasteiger partial charge in [-0.1, -0.05) is 37.3 Å². The normalized spacial score (nSPS) is 11.8. The van der Waals surface area contributed by atoms with Gasteiger partial charge in [-0.15, -0.1) is 0 Å². The average molecular weight is 222 g/mol. The Morgan fingerprint density at radius 3 is 2.53 bits per heavy atom. The van der Waals surface area contributed by atoms with Crippen molar-refractivity contribution in [3.8, 4) is 0 Å². The molecule has 4 heteroatoms. The number of para-hydroxylation sites is 1. The van der Waals surface area contributed by atoms with Gasteiger partial charge >= 0.3 is 0 Å². The summed E-state index contributed by atoms with van der Waals surface area (Å²) in [5.74, 6) is -0.531. The quantitative estimate of drug-likeness (QED) is 0.765. The fraction of sp³-hybridized carbons (Fsp3) is 0.273. The molecule has 0 saturated heterocycles. The second kappa shape index (κ2) is 5.46. The molecule has 0 aliphatic rings. The van der Waals surface area contributed by atoms with Gasteiger partial charge in [0.2, 0.25) is 5.91 Å². The highest BCUT2D eigenvalue weighted by molar-refractivity contribution is 7.80. The van der Waals surface area contributed by atoms with Crippen molar-refractivity contribution in [3.63, 3.8) is 0 Å². The molecule has 0 aliphatic carbocycles. The number of thiocarbonyl (C=S) groups is 1. The largest absolute Gasteiger partial charge is 0.393 e. The lowest BCUT2D eigenvalue weighted by Gasteiger charge is -2.13. The summed E-state index contributed by atoms with van der Waals surface area (Å²) in [5.41, 5.74) is 6.23. The molecular weight excluding hydrogens is 208 g/mol. The van der Waals surface area contributed by atoms with E-state index in [1.54, 1.807) is 0 Å². The summed E-state index contributed by atoms with van der Waals surface area (Å²) in [6, 6.07) is 9.25. The smallest absolute Gasteiger partial charge is 0.234 e. The van der Waals surface area contributed by atoms with Gasteiger partial charge in [0.05, 0.1) is 10.9 Å². The molecule has 0 spiro atoms. The van der Waals surface area contributed by atoms with E-state index >= 15 is 0 Å². The van der Waals surface area contributed by atoms with E-state index in [2.05, 4.69) is 5.32 Å². The highest BCUT2D eigenvalue weighted by Crippen LogP contribution is 2.10. The molecule has 0 aliphatic heterocycles. The summed E-state index contributed by atoms with van der Waals surface area (Å²) in [5, 5.41) is 2.77. The molecule has 80 valence electrons. The van der Waals surface area contributed by atoms with Crippen molar-refractivity contribution >= 4 is 28.8 Å². The van der Waals surface area contributed by atoms with Crippen molar-refractivity contribution in [2.75, 3.05) is 5.32 Å². The summed E-state index contributed by atoms with van der Waals surface area (Å²) in [6.45, 7) is 1.88. The van der Waals surface area contributed by atoms with Crippen LogP contribution in [0.1, 0.15) is 13.3 Å². The molecule has 0 fully saturated rings. The van der Waals surface area contributed by atoms with Crippen molar-refractivity contribution in [2.24, 2.45) is 11.7 Å². The van der Waals surface area contributed by atoms with Crippen LogP contribution in [0.4, 0.5) is 5.69 Å². The van der Waals surface area contributed by atoms with Crippen molar-refractivity contribution in [1.29, 1.82) is 0 Å². The van der Waals surface area contributed by atoms with E-state index in [0.29, 0.717) is 6.42 Å². The Morgan fingerprint density at radius 2 is 2.07 bits per heavy atom. The first-order valence-electron chi connectivity index (χ1n) is 4.80. The maximum absolute atomic E-state index is 11.7. The number of amides is 1. The molecule has 1 rings (SSSR count). The van der Waals surface area contributed by atoms with Gasteiger partial charge < -0.3 is 11.1 Å². The van der Waals surface area contributed by atoms with Crippen LogP contribution in [0.15, 0.2) is 30.3 Å². The van der Waals surface area contributed by atoms with Crippen LogP contribution in [-0.2, 0) is 4.79 Å². The van der Waals surface area contributed by atoms with Gasteiger partial charge in [-0.25, -0.2) is 0 Å². The fourth-order valence-corrected chi connectivity index (χ4v) is 1.54. The van der Waals surface area contributed by atoms with E-state index in [0.717, 1.165) is 5.69 Å².